The zero-order valence-corrected chi connectivity index (χ0v) is 17.2. The molecule has 1 heterocycles. The summed E-state index contributed by atoms with van der Waals surface area (Å²) in [6.45, 7) is 4.21. The highest BCUT2D eigenvalue weighted by atomic mass is 19.1. The van der Waals surface area contributed by atoms with Crippen molar-refractivity contribution < 1.29 is 18.6 Å². The van der Waals surface area contributed by atoms with Gasteiger partial charge in [-0.2, -0.15) is 0 Å². The molecule has 0 fully saturated rings. The second-order valence-corrected chi connectivity index (χ2v) is 8.75. The first-order valence-corrected chi connectivity index (χ1v) is 10.6. The van der Waals surface area contributed by atoms with Crippen LogP contribution >= 0.6 is 0 Å². The molecule has 0 atom stereocenters. The topological polar surface area (TPSA) is 29.5 Å². The molecule has 2 aromatic rings. The Morgan fingerprint density at radius 1 is 0.897 bits per heavy atom. The summed E-state index contributed by atoms with van der Waals surface area (Å²) >= 11 is 0. The molecule has 0 saturated carbocycles. The summed E-state index contributed by atoms with van der Waals surface area (Å²) in [5.74, 6) is 0.0690. The number of benzene rings is 2. The molecule has 4 heteroatoms. The van der Waals surface area contributed by atoms with Crippen LogP contribution in [-0.4, -0.2) is 10.7 Å². The Bertz CT molecular complexity index is 939. The quantitative estimate of drug-likeness (QED) is 0.546. The minimum absolute atomic E-state index is 0.315. The molecule has 0 aromatic heterocycles. The summed E-state index contributed by atoms with van der Waals surface area (Å²) in [7, 11) is 0. The number of fused-ring (bicyclic) bond motifs is 2. The first-order valence-electron chi connectivity index (χ1n) is 10.6. The van der Waals surface area contributed by atoms with Gasteiger partial charge in [0.1, 0.15) is 28.7 Å². The third-order valence-corrected chi connectivity index (χ3v) is 6.11. The number of phenolic OH excluding ortho intramolecular Hbond substituents is 1. The lowest BCUT2D eigenvalue weighted by Crippen LogP contribution is -2.33. The molecule has 2 aliphatic rings. The van der Waals surface area contributed by atoms with Crippen molar-refractivity contribution in [3.8, 4) is 11.5 Å². The van der Waals surface area contributed by atoms with Crippen LogP contribution < -0.4 is 4.74 Å². The van der Waals surface area contributed by atoms with Crippen LogP contribution in [0.25, 0.3) is 5.57 Å². The van der Waals surface area contributed by atoms with Crippen LogP contribution in [0.2, 0.25) is 0 Å². The van der Waals surface area contributed by atoms with E-state index >= 15 is 0 Å². The number of allylic oxidation sites excluding steroid dienone is 1. The Kier molecular flexibility index (Phi) is 5.37. The highest BCUT2D eigenvalue weighted by molar-refractivity contribution is 5.82. The minimum atomic E-state index is -0.520. The van der Waals surface area contributed by atoms with Gasteiger partial charge in [-0.3, -0.25) is 0 Å². The molecule has 154 valence electrons. The molecule has 2 nitrogen and oxygen atoms in total. The van der Waals surface area contributed by atoms with Gasteiger partial charge in [0.25, 0.3) is 0 Å². The summed E-state index contributed by atoms with van der Waals surface area (Å²) in [5.41, 5.74) is 4.92. The molecular weight excluding hydrogens is 370 g/mol. The maximum absolute atomic E-state index is 13.3. The Labute approximate surface area is 171 Å². The first kappa shape index (κ1) is 19.9. The number of ether oxygens (including phenoxy) is 1. The number of aromatic hydroxyl groups is 1. The predicted octanol–water partition coefficient (Wildman–Crippen LogP) is 6.73. The number of phenols is 1. The first-order chi connectivity index (χ1) is 13.8. The van der Waals surface area contributed by atoms with Gasteiger partial charge in [0, 0.05) is 6.07 Å². The zero-order chi connectivity index (χ0) is 20.6. The zero-order valence-electron chi connectivity index (χ0n) is 17.2. The maximum atomic E-state index is 13.3. The van der Waals surface area contributed by atoms with Crippen molar-refractivity contribution in [2.24, 2.45) is 0 Å². The van der Waals surface area contributed by atoms with Crippen molar-refractivity contribution in [3.63, 3.8) is 0 Å². The van der Waals surface area contributed by atoms with Crippen LogP contribution in [0.3, 0.4) is 0 Å². The van der Waals surface area contributed by atoms with Crippen LogP contribution in [0.1, 0.15) is 69.1 Å². The van der Waals surface area contributed by atoms with E-state index in [2.05, 4.69) is 19.9 Å². The van der Waals surface area contributed by atoms with Crippen molar-refractivity contribution >= 4 is 5.57 Å². The van der Waals surface area contributed by atoms with Crippen molar-refractivity contribution in [3.05, 3.63) is 64.2 Å². The largest absolute Gasteiger partial charge is 0.507 e. The Morgan fingerprint density at radius 3 is 2.24 bits per heavy atom. The molecule has 0 bridgehead atoms. The lowest BCUT2D eigenvalue weighted by molar-refractivity contribution is 0.141. The number of rotatable bonds is 6. The molecule has 1 N–H and O–H groups in total. The van der Waals surface area contributed by atoms with Gasteiger partial charge in [0.15, 0.2) is 0 Å². The Balaban J connectivity index is 1.38. The molecular formula is C25H28F2O2. The minimum Gasteiger partial charge on any atom is -0.507 e. The maximum Gasteiger partial charge on any atom is 0.132 e. The van der Waals surface area contributed by atoms with Crippen molar-refractivity contribution in [2.45, 2.75) is 70.8 Å². The van der Waals surface area contributed by atoms with E-state index in [-0.39, 0.29) is 5.60 Å². The summed E-state index contributed by atoms with van der Waals surface area (Å²) in [4.78, 5) is 0. The summed E-state index contributed by atoms with van der Waals surface area (Å²) in [6.07, 6.45) is 7.45. The van der Waals surface area contributed by atoms with Crippen LogP contribution in [0.4, 0.5) is 8.78 Å². The van der Waals surface area contributed by atoms with E-state index in [9.17, 15) is 13.9 Å². The molecule has 0 radical (unpaired) electrons. The predicted molar refractivity (Wildman–Crippen MR) is 111 cm³/mol. The van der Waals surface area contributed by atoms with Gasteiger partial charge in [0.05, 0.1) is 5.56 Å². The van der Waals surface area contributed by atoms with Gasteiger partial charge in [-0.15, -0.1) is 0 Å². The van der Waals surface area contributed by atoms with Crippen molar-refractivity contribution in [1.29, 1.82) is 0 Å². The normalized spacial score (nSPS) is 17.1. The number of aryl methyl sites for hydroxylation is 2. The van der Waals surface area contributed by atoms with E-state index in [1.807, 2.05) is 6.07 Å². The average molecular weight is 398 g/mol. The summed E-state index contributed by atoms with van der Waals surface area (Å²) in [6, 6.07) is 7.64. The lowest BCUT2D eigenvalue weighted by atomic mass is 9.87. The number of unbranched alkanes of at least 4 members (excludes halogenated alkanes) is 2. The van der Waals surface area contributed by atoms with E-state index in [0.29, 0.717) is 17.7 Å². The van der Waals surface area contributed by atoms with Gasteiger partial charge in [0.2, 0.25) is 0 Å². The van der Waals surface area contributed by atoms with E-state index in [0.717, 1.165) is 67.9 Å². The average Bonchev–Trinajstić information content (AvgIpc) is 3.10. The number of hydrogen-bond donors (Lipinski definition) is 1. The molecule has 0 unspecified atom stereocenters. The fourth-order valence-electron chi connectivity index (χ4n) is 4.80. The van der Waals surface area contributed by atoms with Gasteiger partial charge in [-0.25, -0.2) is 8.78 Å². The van der Waals surface area contributed by atoms with Gasteiger partial charge >= 0.3 is 0 Å². The van der Waals surface area contributed by atoms with Crippen LogP contribution in [0, 0.1) is 11.6 Å². The molecule has 1 aliphatic carbocycles. The number of hydrogen-bond acceptors (Lipinski definition) is 2. The van der Waals surface area contributed by atoms with E-state index in [4.69, 9.17) is 4.74 Å². The molecule has 29 heavy (non-hydrogen) atoms. The van der Waals surface area contributed by atoms with E-state index in [1.54, 1.807) is 0 Å². The fraction of sp³-hybridized carbons (Fsp3) is 0.440. The van der Waals surface area contributed by atoms with Gasteiger partial charge in [-0.1, -0.05) is 6.42 Å². The molecule has 0 spiro atoms. The highest BCUT2D eigenvalue weighted by Gasteiger charge is 2.38. The Morgan fingerprint density at radius 2 is 1.55 bits per heavy atom. The summed E-state index contributed by atoms with van der Waals surface area (Å²) in [5, 5.41) is 10.7. The summed E-state index contributed by atoms with van der Waals surface area (Å²) < 4.78 is 32.8. The van der Waals surface area contributed by atoms with Crippen LogP contribution in [0.15, 0.2) is 35.9 Å². The molecule has 1 aliphatic heterocycles. The molecule has 0 saturated heterocycles. The van der Waals surface area contributed by atoms with E-state index in [1.165, 1.54) is 23.3 Å². The second kappa shape index (κ2) is 7.81. The Hall–Kier alpha value is -2.36. The van der Waals surface area contributed by atoms with Gasteiger partial charge < -0.3 is 9.84 Å². The monoisotopic (exact) mass is 398 g/mol. The van der Waals surface area contributed by atoms with Crippen molar-refractivity contribution in [2.75, 3.05) is 0 Å². The highest BCUT2D eigenvalue weighted by Crippen LogP contribution is 2.51. The standard InChI is InChI=1S/C25H28F2O2/c1-25(2)21-10-6-9-20(21)24-22(28)13-17(14-23(24)29-25)8-5-3-4-7-16-11-18(26)15-19(27)12-16/h11-15,28H,3-10H2,1-2H3. The van der Waals surface area contributed by atoms with Crippen LogP contribution in [-0.2, 0) is 12.8 Å². The SMILES string of the molecule is CC1(C)Oc2cc(CCCCCc3cc(F)cc(F)c3)cc(O)c2C2=C1CCC2. The third kappa shape index (κ3) is 4.17. The smallest absolute Gasteiger partial charge is 0.132 e. The second-order valence-electron chi connectivity index (χ2n) is 8.75. The molecule has 4 rings (SSSR count). The van der Waals surface area contributed by atoms with Crippen LogP contribution in [0.5, 0.6) is 11.5 Å². The number of halogens is 2. The van der Waals surface area contributed by atoms with E-state index < -0.39 is 11.6 Å². The van der Waals surface area contributed by atoms with Crippen molar-refractivity contribution in [1.82, 2.24) is 0 Å². The lowest BCUT2D eigenvalue weighted by Gasteiger charge is -2.35. The molecule has 0 amide bonds. The van der Waals surface area contributed by atoms with Gasteiger partial charge in [-0.05, 0) is 105 Å². The third-order valence-electron chi connectivity index (χ3n) is 6.11. The fourth-order valence-corrected chi connectivity index (χ4v) is 4.80. The molecule has 2 aromatic carbocycles.